The molecule has 172 valence electrons. The summed E-state index contributed by atoms with van der Waals surface area (Å²) in [5.41, 5.74) is 3.11. The summed E-state index contributed by atoms with van der Waals surface area (Å²) < 4.78 is 25.0. The lowest BCUT2D eigenvalue weighted by molar-refractivity contribution is 0.0730. The Morgan fingerprint density at radius 2 is 1.68 bits per heavy atom. The zero-order chi connectivity index (χ0) is 23.8. The number of ether oxygens (including phenoxy) is 1. The highest BCUT2D eigenvalue weighted by atomic mass is 19.1. The molecule has 0 bridgehead atoms. The number of hydrogen-bond donors (Lipinski definition) is 0. The standard InChI is InChI=1S/C28H24FNO4/c1-3-17-4-8-19(9-5-17)25-24-26(31)22-16-20(29)10-13-23(22)34-27(24)28(32)30(25)15-14-18-6-11-21(33-2)12-7-18/h4-13,16,25H,3,14-15H2,1-2H3/t25-/m0/s1. The van der Waals surface area contributed by atoms with Gasteiger partial charge in [-0.15, -0.1) is 0 Å². The van der Waals surface area contributed by atoms with Gasteiger partial charge in [0.2, 0.25) is 5.76 Å². The number of benzene rings is 3. The first kappa shape index (κ1) is 21.9. The maximum Gasteiger partial charge on any atom is 0.290 e. The molecule has 1 aliphatic rings. The van der Waals surface area contributed by atoms with E-state index >= 15 is 0 Å². The fraction of sp³-hybridized carbons (Fsp3) is 0.214. The smallest absolute Gasteiger partial charge is 0.290 e. The Hall–Kier alpha value is -3.93. The fourth-order valence-corrected chi connectivity index (χ4v) is 4.55. The molecular formula is C28H24FNO4. The average molecular weight is 458 g/mol. The normalized spacial score (nSPS) is 15.1. The molecule has 0 saturated heterocycles. The summed E-state index contributed by atoms with van der Waals surface area (Å²) in [6.45, 7) is 2.46. The molecule has 34 heavy (non-hydrogen) atoms. The second-order valence-electron chi connectivity index (χ2n) is 8.41. The van der Waals surface area contributed by atoms with Gasteiger partial charge in [-0.1, -0.05) is 43.3 Å². The second kappa shape index (κ2) is 8.78. The number of hydrogen-bond acceptors (Lipinski definition) is 4. The summed E-state index contributed by atoms with van der Waals surface area (Å²) in [5.74, 6) is -0.0693. The van der Waals surface area contributed by atoms with Crippen molar-refractivity contribution in [3.05, 3.63) is 111 Å². The van der Waals surface area contributed by atoms with E-state index in [0.717, 1.165) is 28.9 Å². The summed E-state index contributed by atoms with van der Waals surface area (Å²) in [6.07, 6.45) is 1.48. The quantitative estimate of drug-likeness (QED) is 0.395. The maximum atomic E-state index is 13.9. The molecule has 0 unspecified atom stereocenters. The van der Waals surface area contributed by atoms with E-state index in [2.05, 4.69) is 6.92 Å². The van der Waals surface area contributed by atoms with Crippen molar-refractivity contribution in [1.29, 1.82) is 0 Å². The Morgan fingerprint density at radius 1 is 0.971 bits per heavy atom. The predicted octanol–water partition coefficient (Wildman–Crippen LogP) is 5.29. The number of aryl methyl sites for hydroxylation is 1. The van der Waals surface area contributed by atoms with Gasteiger partial charge >= 0.3 is 0 Å². The first-order valence-corrected chi connectivity index (χ1v) is 11.3. The van der Waals surface area contributed by atoms with Crippen molar-refractivity contribution >= 4 is 16.9 Å². The molecule has 0 saturated carbocycles. The van der Waals surface area contributed by atoms with Crippen molar-refractivity contribution in [2.24, 2.45) is 0 Å². The molecule has 5 rings (SSSR count). The van der Waals surface area contributed by atoms with Crippen LogP contribution < -0.4 is 10.2 Å². The van der Waals surface area contributed by atoms with E-state index in [-0.39, 0.29) is 33.6 Å². The SMILES string of the molecule is CCc1ccc([C@H]2c3c(oc4ccc(F)cc4c3=O)C(=O)N2CCc2ccc(OC)cc2)cc1. The molecule has 1 amide bonds. The number of fused-ring (bicyclic) bond motifs is 2. The molecule has 6 heteroatoms. The number of methoxy groups -OCH3 is 1. The number of amides is 1. The summed E-state index contributed by atoms with van der Waals surface area (Å²) in [4.78, 5) is 28.7. The Balaban J connectivity index is 1.59. The van der Waals surface area contributed by atoms with E-state index in [1.807, 2.05) is 48.5 Å². The zero-order valence-electron chi connectivity index (χ0n) is 19.0. The van der Waals surface area contributed by atoms with Crippen LogP contribution in [0.3, 0.4) is 0 Å². The topological polar surface area (TPSA) is 59.8 Å². The molecule has 3 aromatic carbocycles. The van der Waals surface area contributed by atoms with Crippen LogP contribution in [-0.2, 0) is 12.8 Å². The highest BCUT2D eigenvalue weighted by Crippen LogP contribution is 2.38. The summed E-state index contributed by atoms with van der Waals surface area (Å²) >= 11 is 0. The van der Waals surface area contributed by atoms with Crippen molar-refractivity contribution in [1.82, 2.24) is 4.90 Å². The van der Waals surface area contributed by atoms with Crippen LogP contribution in [0.4, 0.5) is 4.39 Å². The first-order valence-electron chi connectivity index (χ1n) is 11.3. The van der Waals surface area contributed by atoms with Crippen molar-refractivity contribution < 1.29 is 18.3 Å². The molecule has 1 aromatic heterocycles. The predicted molar refractivity (Wildman–Crippen MR) is 128 cm³/mol. The lowest BCUT2D eigenvalue weighted by Crippen LogP contribution is -2.31. The summed E-state index contributed by atoms with van der Waals surface area (Å²) in [6, 6.07) is 18.7. The molecule has 5 nitrogen and oxygen atoms in total. The average Bonchev–Trinajstić information content (AvgIpc) is 3.15. The van der Waals surface area contributed by atoms with Gasteiger partial charge in [-0.3, -0.25) is 9.59 Å². The number of carbonyl (C=O) groups is 1. The molecule has 2 heterocycles. The minimum atomic E-state index is -0.601. The lowest BCUT2D eigenvalue weighted by Gasteiger charge is -2.25. The molecule has 4 aromatic rings. The molecule has 0 spiro atoms. The van der Waals surface area contributed by atoms with Gasteiger partial charge in [0.25, 0.3) is 5.91 Å². The third-order valence-electron chi connectivity index (χ3n) is 6.43. The van der Waals surface area contributed by atoms with Gasteiger partial charge in [-0.25, -0.2) is 4.39 Å². The van der Waals surface area contributed by atoms with Gasteiger partial charge in [0.1, 0.15) is 17.1 Å². The van der Waals surface area contributed by atoms with E-state index in [9.17, 15) is 14.0 Å². The molecule has 0 N–H and O–H groups in total. The Labute approximate surface area is 196 Å². The Kier molecular flexibility index (Phi) is 5.65. The second-order valence-corrected chi connectivity index (χ2v) is 8.41. The molecule has 0 radical (unpaired) electrons. The monoisotopic (exact) mass is 457 g/mol. The third kappa shape index (κ3) is 3.75. The Morgan fingerprint density at radius 3 is 2.35 bits per heavy atom. The zero-order valence-corrected chi connectivity index (χ0v) is 19.0. The van der Waals surface area contributed by atoms with Crippen LogP contribution in [0.5, 0.6) is 5.75 Å². The highest BCUT2D eigenvalue weighted by Gasteiger charge is 2.42. The van der Waals surface area contributed by atoms with E-state index in [0.29, 0.717) is 13.0 Å². The van der Waals surface area contributed by atoms with Crippen LogP contribution in [0.2, 0.25) is 0 Å². The van der Waals surface area contributed by atoms with E-state index in [4.69, 9.17) is 9.15 Å². The van der Waals surface area contributed by atoms with Crippen LogP contribution in [-0.4, -0.2) is 24.5 Å². The van der Waals surface area contributed by atoms with Gasteiger partial charge < -0.3 is 14.1 Å². The van der Waals surface area contributed by atoms with Crippen molar-refractivity contribution in [3.8, 4) is 5.75 Å². The molecule has 1 aliphatic heterocycles. The van der Waals surface area contributed by atoms with Gasteiger partial charge in [0, 0.05) is 6.54 Å². The van der Waals surface area contributed by atoms with E-state index < -0.39 is 11.9 Å². The number of nitrogens with zero attached hydrogens (tertiary/aromatic N) is 1. The first-order chi connectivity index (χ1) is 16.5. The van der Waals surface area contributed by atoms with Crippen molar-refractivity contribution in [2.45, 2.75) is 25.8 Å². The fourth-order valence-electron chi connectivity index (χ4n) is 4.55. The molecule has 1 atom stereocenters. The highest BCUT2D eigenvalue weighted by molar-refractivity contribution is 5.99. The summed E-state index contributed by atoms with van der Waals surface area (Å²) in [7, 11) is 1.61. The van der Waals surface area contributed by atoms with Crippen LogP contribution in [0.1, 0.15) is 45.8 Å². The maximum absolute atomic E-state index is 13.9. The molecule has 0 fully saturated rings. The van der Waals surface area contributed by atoms with Crippen LogP contribution >= 0.6 is 0 Å². The van der Waals surface area contributed by atoms with E-state index in [1.165, 1.54) is 18.2 Å². The minimum Gasteiger partial charge on any atom is -0.497 e. The molecular weight excluding hydrogens is 433 g/mol. The van der Waals surface area contributed by atoms with E-state index in [1.54, 1.807) is 12.0 Å². The van der Waals surface area contributed by atoms with Gasteiger partial charge in [0.05, 0.1) is 24.1 Å². The summed E-state index contributed by atoms with van der Waals surface area (Å²) in [5, 5.41) is 0.138. The molecule has 0 aliphatic carbocycles. The third-order valence-corrected chi connectivity index (χ3v) is 6.43. The van der Waals surface area contributed by atoms with Crippen molar-refractivity contribution in [3.63, 3.8) is 0 Å². The van der Waals surface area contributed by atoms with Crippen LogP contribution in [0.15, 0.2) is 75.9 Å². The lowest BCUT2D eigenvalue weighted by atomic mass is 9.97. The van der Waals surface area contributed by atoms with Crippen molar-refractivity contribution in [2.75, 3.05) is 13.7 Å². The minimum absolute atomic E-state index is 0.0309. The number of halogens is 1. The van der Waals surface area contributed by atoms with Gasteiger partial charge in [-0.2, -0.15) is 0 Å². The van der Waals surface area contributed by atoms with Gasteiger partial charge in [-0.05, 0) is 59.9 Å². The Bertz CT molecular complexity index is 1420. The van der Waals surface area contributed by atoms with Crippen LogP contribution in [0, 0.1) is 5.82 Å². The van der Waals surface area contributed by atoms with Gasteiger partial charge in [0.15, 0.2) is 5.43 Å². The largest absolute Gasteiger partial charge is 0.497 e. The van der Waals surface area contributed by atoms with Crippen LogP contribution in [0.25, 0.3) is 11.0 Å². The number of rotatable bonds is 6. The number of carbonyl (C=O) groups excluding carboxylic acids is 1.